The van der Waals surface area contributed by atoms with Crippen LogP contribution in [0.2, 0.25) is 0 Å². The van der Waals surface area contributed by atoms with Crippen molar-refractivity contribution in [3.8, 4) is 23.0 Å². The molecule has 3 aromatic carbocycles. The van der Waals surface area contributed by atoms with Crippen LogP contribution in [0.1, 0.15) is 27.0 Å². The fraction of sp³-hybridized carbons (Fsp3) is 0.0500. The van der Waals surface area contributed by atoms with E-state index in [1.807, 2.05) is 12.1 Å². The van der Waals surface area contributed by atoms with Gasteiger partial charge in [-0.1, -0.05) is 18.2 Å². The van der Waals surface area contributed by atoms with Crippen LogP contribution in [0.3, 0.4) is 0 Å². The van der Waals surface area contributed by atoms with Gasteiger partial charge in [-0.15, -0.1) is 0 Å². The van der Waals surface area contributed by atoms with Gasteiger partial charge in [-0.2, -0.15) is 0 Å². The molecule has 130 valence electrons. The van der Waals surface area contributed by atoms with Crippen LogP contribution in [0.15, 0.2) is 60.7 Å². The fourth-order valence-corrected chi connectivity index (χ4v) is 3.65. The van der Waals surface area contributed by atoms with Crippen molar-refractivity contribution in [2.24, 2.45) is 0 Å². The fourth-order valence-electron chi connectivity index (χ4n) is 3.65. The second-order valence-electron chi connectivity index (χ2n) is 6.08. The summed E-state index contributed by atoms with van der Waals surface area (Å²) >= 11 is 0. The number of fused-ring (bicyclic) bond motifs is 6. The summed E-state index contributed by atoms with van der Waals surface area (Å²) in [7, 11) is 0. The first kappa shape index (κ1) is 16.6. The Morgan fingerprint density at radius 1 is 0.769 bits per heavy atom. The number of phenols is 2. The standard InChI is InChI=1S/C20H12O5.AsH3/c21-11-5-7-15-17(9-11)24-18-10-12(22)6-8-16(18)20(15)14-4-2-1-3-13(14)19(23)25-20;/h1-10,21-22H;1H3. The van der Waals surface area contributed by atoms with Gasteiger partial charge in [0, 0.05) is 28.8 Å². The number of benzene rings is 3. The average Bonchev–Trinajstić information content (AvgIpc) is 2.88. The van der Waals surface area contributed by atoms with Crippen LogP contribution in [0.25, 0.3) is 0 Å². The molecular weight excluding hydrogens is 395 g/mol. The summed E-state index contributed by atoms with van der Waals surface area (Å²) in [6.07, 6.45) is 0. The summed E-state index contributed by atoms with van der Waals surface area (Å²) < 4.78 is 11.8. The van der Waals surface area contributed by atoms with Gasteiger partial charge in [-0.25, -0.2) is 4.79 Å². The van der Waals surface area contributed by atoms with Crippen LogP contribution in [0, 0.1) is 0 Å². The van der Waals surface area contributed by atoms with E-state index in [4.69, 9.17) is 9.47 Å². The van der Waals surface area contributed by atoms with Gasteiger partial charge in [0.1, 0.15) is 23.0 Å². The molecular formula is C20H15AsO5. The summed E-state index contributed by atoms with van der Waals surface area (Å²) in [5, 5.41) is 19.7. The van der Waals surface area contributed by atoms with Crippen molar-refractivity contribution < 1.29 is 24.5 Å². The van der Waals surface area contributed by atoms with Gasteiger partial charge in [0.05, 0.1) is 5.56 Å². The molecule has 2 N–H and O–H groups in total. The maximum absolute atomic E-state index is 12.5. The number of esters is 1. The molecule has 0 amide bonds. The van der Waals surface area contributed by atoms with Crippen LogP contribution < -0.4 is 4.74 Å². The summed E-state index contributed by atoms with van der Waals surface area (Å²) in [5.74, 6) is 0.408. The van der Waals surface area contributed by atoms with E-state index in [9.17, 15) is 15.0 Å². The molecule has 5 nitrogen and oxygen atoms in total. The first-order chi connectivity index (χ1) is 12.1. The third-order valence-electron chi connectivity index (χ3n) is 4.68. The molecule has 2 heterocycles. The number of hydrogen-bond donors (Lipinski definition) is 2. The van der Waals surface area contributed by atoms with E-state index >= 15 is 0 Å². The topological polar surface area (TPSA) is 76.0 Å². The molecule has 0 aliphatic carbocycles. The number of hydrogen-bond acceptors (Lipinski definition) is 5. The first-order valence-electron chi connectivity index (χ1n) is 7.77. The van der Waals surface area contributed by atoms with E-state index in [1.54, 1.807) is 24.3 Å². The van der Waals surface area contributed by atoms with Crippen molar-refractivity contribution in [3.05, 3.63) is 82.9 Å². The third kappa shape index (κ3) is 2.01. The second kappa shape index (κ2) is 5.55. The van der Waals surface area contributed by atoms with E-state index in [-0.39, 0.29) is 29.5 Å². The molecule has 2 aliphatic heterocycles. The minimum atomic E-state index is -1.17. The summed E-state index contributed by atoms with van der Waals surface area (Å²) in [6, 6.07) is 16.6. The molecule has 3 aromatic rings. The van der Waals surface area contributed by atoms with E-state index < -0.39 is 11.6 Å². The number of aromatic hydroxyl groups is 2. The Kier molecular flexibility index (Phi) is 3.53. The predicted octanol–water partition coefficient (Wildman–Crippen LogP) is 2.48. The van der Waals surface area contributed by atoms with Crippen molar-refractivity contribution >= 4 is 23.9 Å². The van der Waals surface area contributed by atoms with Crippen LogP contribution in [-0.2, 0) is 10.3 Å². The van der Waals surface area contributed by atoms with Gasteiger partial charge in [0.15, 0.2) is 5.60 Å². The van der Waals surface area contributed by atoms with E-state index in [0.29, 0.717) is 33.8 Å². The van der Waals surface area contributed by atoms with Gasteiger partial charge in [-0.3, -0.25) is 0 Å². The number of phenolic OH excluding ortho intramolecular Hbond substituents is 2. The quantitative estimate of drug-likeness (QED) is 0.440. The van der Waals surface area contributed by atoms with Crippen LogP contribution >= 0.6 is 0 Å². The zero-order valence-corrected chi connectivity index (χ0v) is 16.6. The third-order valence-corrected chi connectivity index (χ3v) is 4.68. The Hall–Kier alpha value is -2.91. The molecule has 0 saturated carbocycles. The van der Waals surface area contributed by atoms with Gasteiger partial charge in [0.25, 0.3) is 0 Å². The maximum atomic E-state index is 12.5. The first-order valence-corrected chi connectivity index (χ1v) is 7.77. The molecule has 26 heavy (non-hydrogen) atoms. The van der Waals surface area contributed by atoms with Crippen LogP contribution in [0.5, 0.6) is 23.0 Å². The van der Waals surface area contributed by atoms with Gasteiger partial charge in [0.2, 0.25) is 0 Å². The molecule has 0 bridgehead atoms. The SMILES string of the molecule is O=C1OC2(c3ccc(O)cc3Oc3cc(O)ccc32)c2ccccc21.[AsH3]. The zero-order chi connectivity index (χ0) is 17.2. The Bertz CT molecular complexity index is 1010. The van der Waals surface area contributed by atoms with E-state index in [2.05, 4.69) is 0 Å². The van der Waals surface area contributed by atoms with Crippen LogP contribution in [-0.4, -0.2) is 34.1 Å². The number of rotatable bonds is 0. The molecule has 6 heteroatoms. The number of carbonyl (C=O) groups excluding carboxylic acids is 1. The Labute approximate surface area is 160 Å². The molecule has 2 aliphatic rings. The normalized spacial score (nSPS) is 15.2. The Morgan fingerprint density at radius 2 is 1.35 bits per heavy atom. The molecule has 0 fully saturated rings. The van der Waals surface area contributed by atoms with E-state index in [1.165, 1.54) is 24.3 Å². The summed E-state index contributed by atoms with van der Waals surface area (Å²) in [6.45, 7) is 0. The second-order valence-corrected chi connectivity index (χ2v) is 6.08. The number of ether oxygens (including phenoxy) is 2. The van der Waals surface area contributed by atoms with Gasteiger partial charge in [-0.05, 0) is 30.3 Å². The molecule has 0 aromatic heterocycles. The Balaban J connectivity index is 0.00000168. The molecule has 1 unspecified atom stereocenters. The predicted molar refractivity (Wildman–Crippen MR) is 98.0 cm³/mol. The minimum absolute atomic E-state index is 0. The molecule has 5 rings (SSSR count). The molecule has 1 atom stereocenters. The monoisotopic (exact) mass is 410 g/mol. The van der Waals surface area contributed by atoms with Gasteiger partial charge >= 0.3 is 23.9 Å². The van der Waals surface area contributed by atoms with Gasteiger partial charge < -0.3 is 19.7 Å². The van der Waals surface area contributed by atoms with Crippen molar-refractivity contribution in [1.82, 2.24) is 0 Å². The zero-order valence-electron chi connectivity index (χ0n) is 13.6. The summed E-state index contributed by atoms with van der Waals surface area (Å²) in [5.41, 5.74) is 1.28. The van der Waals surface area contributed by atoms with Crippen molar-refractivity contribution in [2.75, 3.05) is 0 Å². The molecule has 0 radical (unpaired) electrons. The molecule has 1 spiro atoms. The molecule has 0 saturated heterocycles. The number of carbonyl (C=O) groups is 1. The summed E-state index contributed by atoms with van der Waals surface area (Å²) in [4.78, 5) is 12.5. The van der Waals surface area contributed by atoms with Crippen molar-refractivity contribution in [1.29, 1.82) is 0 Å². The Morgan fingerprint density at radius 3 is 1.96 bits per heavy atom. The van der Waals surface area contributed by atoms with E-state index in [0.717, 1.165) is 0 Å². The van der Waals surface area contributed by atoms with Crippen molar-refractivity contribution in [3.63, 3.8) is 0 Å². The van der Waals surface area contributed by atoms with Crippen LogP contribution in [0.4, 0.5) is 0 Å². The average molecular weight is 410 g/mol. The van der Waals surface area contributed by atoms with Crippen molar-refractivity contribution in [2.45, 2.75) is 5.60 Å².